The molecule has 7 aliphatic heterocycles. The molecule has 15 atom stereocenters. The van der Waals surface area contributed by atoms with Crippen molar-refractivity contribution in [3.8, 4) is 0 Å². The zero-order chi connectivity index (χ0) is 48.9. The molecule has 13 nitrogen and oxygen atoms in total. The van der Waals surface area contributed by atoms with Gasteiger partial charge < -0.3 is 47.4 Å². The van der Waals surface area contributed by atoms with E-state index in [2.05, 4.69) is 20.8 Å². The quantitative estimate of drug-likeness (QED) is 0.0245. The molecule has 7 saturated heterocycles. The second-order valence-corrected chi connectivity index (χ2v) is 22.2. The van der Waals surface area contributed by atoms with Crippen LogP contribution in [0.3, 0.4) is 0 Å². The van der Waals surface area contributed by atoms with E-state index in [1.54, 1.807) is 0 Å². The highest BCUT2D eigenvalue weighted by Crippen LogP contribution is 2.43. The van der Waals surface area contributed by atoms with Gasteiger partial charge in [-0.1, -0.05) is 136 Å². The van der Waals surface area contributed by atoms with Crippen LogP contribution in [0.25, 0.3) is 0 Å². The van der Waals surface area contributed by atoms with Crippen molar-refractivity contribution in [2.24, 2.45) is 0 Å². The number of ether oxygens (including phenoxy) is 10. The molecule has 0 aromatic rings. The monoisotopic (exact) mass is 989 g/mol. The summed E-state index contributed by atoms with van der Waals surface area (Å²) >= 11 is 0. The third-order valence-electron chi connectivity index (χ3n) is 16.0. The fraction of sp³-hybridized carbons (Fsp3) is 0.947. The molecule has 0 aromatic carbocycles. The molecule has 0 spiro atoms. The van der Waals surface area contributed by atoms with Gasteiger partial charge in [0.1, 0.15) is 13.2 Å². The van der Waals surface area contributed by atoms with Gasteiger partial charge in [-0.3, -0.25) is 14.4 Å². The maximum atomic E-state index is 12.9. The van der Waals surface area contributed by atoms with Crippen LogP contribution in [0, 0.1) is 0 Å². The molecular formula is C57H96O13. The van der Waals surface area contributed by atoms with Crippen LogP contribution >= 0.6 is 0 Å². The van der Waals surface area contributed by atoms with Gasteiger partial charge in [0.15, 0.2) is 6.10 Å². The summed E-state index contributed by atoms with van der Waals surface area (Å²) in [5.74, 6) is -0.979. The summed E-state index contributed by atoms with van der Waals surface area (Å²) in [6.07, 6.45) is 39.2. The van der Waals surface area contributed by atoms with Gasteiger partial charge in [0, 0.05) is 44.9 Å². The number of carbonyl (C=O) groups excluding carboxylic acids is 3. The molecule has 7 aliphatic rings. The van der Waals surface area contributed by atoms with Gasteiger partial charge in [-0.15, -0.1) is 0 Å². The van der Waals surface area contributed by atoms with Crippen LogP contribution in [0.15, 0.2) is 0 Å². The summed E-state index contributed by atoms with van der Waals surface area (Å²) < 4.78 is 57.9. The lowest BCUT2D eigenvalue weighted by Gasteiger charge is -2.18. The molecule has 7 rings (SSSR count). The molecule has 70 heavy (non-hydrogen) atoms. The van der Waals surface area contributed by atoms with Gasteiger partial charge in [-0.05, 0) is 57.8 Å². The molecule has 0 aromatic heterocycles. The van der Waals surface area contributed by atoms with Crippen LogP contribution in [0.2, 0.25) is 0 Å². The Kier molecular flexibility index (Phi) is 24.3. The zero-order valence-corrected chi connectivity index (χ0v) is 43.9. The predicted molar refractivity (Wildman–Crippen MR) is 266 cm³/mol. The first-order valence-corrected chi connectivity index (χ1v) is 29.4. The highest BCUT2D eigenvalue weighted by atomic mass is 16.6. The third kappa shape index (κ3) is 22.3. The molecule has 0 amide bonds. The van der Waals surface area contributed by atoms with Gasteiger partial charge in [-0.2, -0.15) is 0 Å². The van der Waals surface area contributed by atoms with E-state index >= 15 is 0 Å². The van der Waals surface area contributed by atoms with Crippen molar-refractivity contribution in [3.63, 3.8) is 0 Å². The van der Waals surface area contributed by atoms with Crippen LogP contribution in [0.5, 0.6) is 0 Å². The van der Waals surface area contributed by atoms with Crippen molar-refractivity contribution >= 4 is 17.9 Å². The molecule has 15 unspecified atom stereocenters. The van der Waals surface area contributed by atoms with Crippen molar-refractivity contribution in [1.82, 2.24) is 0 Å². The Balaban J connectivity index is 0.687. The minimum absolute atomic E-state index is 0.114. The van der Waals surface area contributed by atoms with E-state index in [0.717, 1.165) is 148 Å². The Hall–Kier alpha value is -1.87. The summed E-state index contributed by atoms with van der Waals surface area (Å²) in [6.45, 7) is 6.42. The van der Waals surface area contributed by atoms with Gasteiger partial charge in [0.2, 0.25) is 0 Å². The van der Waals surface area contributed by atoms with E-state index in [0.29, 0.717) is 98.3 Å². The number of epoxide rings is 7. The SMILES string of the molecule is CCCCCC1OC1CC1OC1CCCCCCCC(=O)OCC(COC(=O)CCCCCCCC1OC1CC1OC1CC1OC1CC)OC(=O)CCCCCCCC1OC1CC1OC1CCCCC. The van der Waals surface area contributed by atoms with E-state index in [1.807, 2.05) is 0 Å². The molecule has 402 valence electrons. The molecule has 0 bridgehead atoms. The topological polar surface area (TPSA) is 167 Å². The number of hydrogen-bond acceptors (Lipinski definition) is 13. The molecular weight excluding hydrogens is 893 g/mol. The number of esters is 3. The van der Waals surface area contributed by atoms with Crippen LogP contribution in [-0.4, -0.2) is 123 Å². The lowest BCUT2D eigenvalue weighted by atomic mass is 10.0. The lowest BCUT2D eigenvalue weighted by molar-refractivity contribution is -0.167. The van der Waals surface area contributed by atoms with Crippen LogP contribution < -0.4 is 0 Å². The average Bonchev–Trinajstić information content (AvgIpc) is 4.12. The summed E-state index contributed by atoms with van der Waals surface area (Å²) in [7, 11) is 0. The zero-order valence-electron chi connectivity index (χ0n) is 43.9. The molecule has 7 heterocycles. The fourth-order valence-electron chi connectivity index (χ4n) is 11.0. The maximum absolute atomic E-state index is 12.9. The Bertz CT molecular complexity index is 1510. The van der Waals surface area contributed by atoms with Crippen molar-refractivity contribution in [1.29, 1.82) is 0 Å². The minimum atomic E-state index is -0.821. The highest BCUT2D eigenvalue weighted by Gasteiger charge is 2.52. The van der Waals surface area contributed by atoms with Crippen molar-refractivity contribution in [2.45, 2.75) is 331 Å². The van der Waals surface area contributed by atoms with E-state index in [9.17, 15) is 14.4 Å². The third-order valence-corrected chi connectivity index (χ3v) is 16.0. The molecule has 7 fully saturated rings. The van der Waals surface area contributed by atoms with Gasteiger partial charge >= 0.3 is 17.9 Å². The second kappa shape index (κ2) is 30.5. The smallest absolute Gasteiger partial charge is 0.306 e. The highest BCUT2D eigenvalue weighted by molar-refractivity contribution is 5.71. The van der Waals surface area contributed by atoms with Crippen LogP contribution in [0.1, 0.15) is 239 Å². The average molecular weight is 989 g/mol. The Morgan fingerprint density at radius 1 is 0.329 bits per heavy atom. The second-order valence-electron chi connectivity index (χ2n) is 22.2. The van der Waals surface area contributed by atoms with E-state index in [1.165, 1.54) is 51.4 Å². The lowest BCUT2D eigenvalue weighted by Crippen LogP contribution is -2.30. The molecule has 0 N–H and O–H groups in total. The molecule has 0 aliphatic carbocycles. The first-order valence-electron chi connectivity index (χ1n) is 29.4. The van der Waals surface area contributed by atoms with E-state index in [4.69, 9.17) is 47.4 Å². The fourth-order valence-corrected chi connectivity index (χ4v) is 11.0. The summed E-state index contributed by atoms with van der Waals surface area (Å²) in [5.41, 5.74) is 0. The molecule has 13 heteroatoms. The molecule has 0 saturated carbocycles. The minimum Gasteiger partial charge on any atom is -0.462 e. The Labute approximate surface area is 422 Å². The van der Waals surface area contributed by atoms with Crippen molar-refractivity contribution in [3.05, 3.63) is 0 Å². The summed E-state index contributed by atoms with van der Waals surface area (Å²) in [4.78, 5) is 38.4. The van der Waals surface area contributed by atoms with Crippen LogP contribution in [0.4, 0.5) is 0 Å². The first kappa shape index (κ1) is 55.9. The number of hydrogen-bond donors (Lipinski definition) is 0. The van der Waals surface area contributed by atoms with Crippen LogP contribution in [-0.2, 0) is 61.8 Å². The van der Waals surface area contributed by atoms with E-state index < -0.39 is 6.10 Å². The van der Waals surface area contributed by atoms with E-state index in [-0.39, 0.29) is 37.5 Å². The maximum Gasteiger partial charge on any atom is 0.306 e. The standard InChI is InChI=1S/C57H96O13/c1-4-7-18-26-42-48(65-42)35-50-44(67-50)28-20-12-9-15-23-31-55(58)61-38-40(63-57(60)33-25-17-11-14-22-29-45-51(68-45)36-49-43(66-49)27-19-8-5-2)39-62-56(59)32-24-16-10-13-21-30-46-52(69-46)37-54-53(70-54)34-47-41(6-3)64-47/h40-54H,4-39H2,1-3H3. The first-order chi connectivity index (χ1) is 34.3. The van der Waals surface area contributed by atoms with Gasteiger partial charge in [0.25, 0.3) is 0 Å². The number of rotatable bonds is 46. The predicted octanol–water partition coefficient (Wildman–Crippen LogP) is 11.7. The number of unbranched alkanes of at least 4 members (excludes halogenated alkanes) is 16. The number of carbonyl (C=O) groups is 3. The van der Waals surface area contributed by atoms with Gasteiger partial charge in [0.05, 0.1) is 85.5 Å². The normalized spacial score (nSPS) is 32.3. The summed E-state index contributed by atoms with van der Waals surface area (Å²) in [5, 5.41) is 0. The largest absolute Gasteiger partial charge is 0.462 e. The van der Waals surface area contributed by atoms with Gasteiger partial charge in [-0.25, -0.2) is 0 Å². The Morgan fingerprint density at radius 2 is 0.600 bits per heavy atom. The van der Waals surface area contributed by atoms with Crippen molar-refractivity contribution < 1.29 is 61.8 Å². The Morgan fingerprint density at radius 3 is 0.943 bits per heavy atom. The summed E-state index contributed by atoms with van der Waals surface area (Å²) in [6, 6.07) is 0. The molecule has 0 radical (unpaired) electrons. The van der Waals surface area contributed by atoms with Crippen molar-refractivity contribution in [2.75, 3.05) is 13.2 Å².